The second kappa shape index (κ2) is 5.77. The van der Waals surface area contributed by atoms with Crippen LogP contribution in [0.15, 0.2) is 21.9 Å². The number of hydrogen-bond acceptors (Lipinski definition) is 6. The lowest BCUT2D eigenvalue weighted by molar-refractivity contribution is -0.142. The van der Waals surface area contributed by atoms with E-state index in [-0.39, 0.29) is 22.8 Å². The molecule has 0 radical (unpaired) electrons. The fourth-order valence-electron chi connectivity index (χ4n) is 1.99. The molecule has 0 saturated carbocycles. The van der Waals surface area contributed by atoms with Gasteiger partial charge in [-0.3, -0.25) is 4.79 Å². The Morgan fingerprint density at radius 2 is 1.76 bits per heavy atom. The van der Waals surface area contributed by atoms with Crippen LogP contribution >= 0.6 is 0 Å². The Hall–Kier alpha value is -2.02. The number of carbonyl (C=O) groups is 1. The van der Waals surface area contributed by atoms with Gasteiger partial charge in [-0.05, 0) is 17.7 Å². The molecule has 0 fully saturated rings. The van der Waals surface area contributed by atoms with Crippen LogP contribution in [-0.4, -0.2) is 35.2 Å². The van der Waals surface area contributed by atoms with Crippen molar-refractivity contribution in [2.45, 2.75) is 18.2 Å². The standard InChI is InChI=1S/C14H16O6S/c1-4-14(15)20-8-10-5-9-6-11(18-2)12(19-3)7-13(9)21(10,16)17/h5-7H,4,8H2,1-3H3. The molecular weight excluding hydrogens is 296 g/mol. The van der Waals surface area contributed by atoms with E-state index in [9.17, 15) is 13.2 Å². The summed E-state index contributed by atoms with van der Waals surface area (Å²) in [4.78, 5) is 11.3. The van der Waals surface area contributed by atoms with Gasteiger partial charge in [0, 0.05) is 12.5 Å². The molecule has 0 saturated heterocycles. The minimum absolute atomic E-state index is 0.0506. The van der Waals surface area contributed by atoms with Crippen molar-refractivity contribution in [2.24, 2.45) is 0 Å². The number of rotatable bonds is 5. The van der Waals surface area contributed by atoms with E-state index >= 15 is 0 Å². The van der Waals surface area contributed by atoms with Gasteiger partial charge in [0.2, 0.25) is 9.84 Å². The zero-order valence-corrected chi connectivity index (χ0v) is 12.8. The minimum Gasteiger partial charge on any atom is -0.493 e. The summed E-state index contributed by atoms with van der Waals surface area (Å²) in [6.45, 7) is 1.37. The molecule has 2 rings (SSSR count). The summed E-state index contributed by atoms with van der Waals surface area (Å²) in [7, 11) is -0.752. The Morgan fingerprint density at radius 3 is 2.33 bits per heavy atom. The molecule has 1 aromatic carbocycles. The fraction of sp³-hybridized carbons (Fsp3) is 0.357. The van der Waals surface area contributed by atoms with Gasteiger partial charge in [0.15, 0.2) is 11.5 Å². The summed E-state index contributed by atoms with van der Waals surface area (Å²) in [5, 5.41) is 0. The van der Waals surface area contributed by atoms with Crippen molar-refractivity contribution in [1.29, 1.82) is 0 Å². The van der Waals surface area contributed by atoms with Gasteiger partial charge in [0.05, 0.1) is 24.0 Å². The predicted molar refractivity (Wildman–Crippen MR) is 76.0 cm³/mol. The topological polar surface area (TPSA) is 78.9 Å². The van der Waals surface area contributed by atoms with Crippen molar-refractivity contribution in [3.05, 3.63) is 22.6 Å². The minimum atomic E-state index is -3.66. The van der Waals surface area contributed by atoms with Crippen LogP contribution in [0.4, 0.5) is 0 Å². The van der Waals surface area contributed by atoms with Gasteiger partial charge in [-0.15, -0.1) is 0 Å². The summed E-state index contributed by atoms with van der Waals surface area (Å²) in [5.74, 6) is 0.326. The maximum absolute atomic E-state index is 12.4. The van der Waals surface area contributed by atoms with Crippen LogP contribution in [0.3, 0.4) is 0 Å². The Morgan fingerprint density at radius 1 is 1.14 bits per heavy atom. The zero-order chi connectivity index (χ0) is 15.6. The van der Waals surface area contributed by atoms with Crippen molar-refractivity contribution >= 4 is 21.9 Å². The quantitative estimate of drug-likeness (QED) is 0.771. The maximum atomic E-state index is 12.4. The van der Waals surface area contributed by atoms with Gasteiger partial charge < -0.3 is 14.2 Å². The van der Waals surface area contributed by atoms with Crippen LogP contribution in [-0.2, 0) is 19.4 Å². The monoisotopic (exact) mass is 312 g/mol. The number of fused-ring (bicyclic) bond motifs is 1. The van der Waals surface area contributed by atoms with E-state index in [1.54, 1.807) is 13.0 Å². The summed E-state index contributed by atoms with van der Waals surface area (Å²) < 4.78 is 40.0. The smallest absolute Gasteiger partial charge is 0.305 e. The molecule has 6 nitrogen and oxygen atoms in total. The van der Waals surface area contributed by atoms with Crippen molar-refractivity contribution in [2.75, 3.05) is 20.8 Å². The highest BCUT2D eigenvalue weighted by atomic mass is 32.2. The average Bonchev–Trinajstić information content (AvgIpc) is 2.73. The highest BCUT2D eigenvalue weighted by molar-refractivity contribution is 7.95. The lowest BCUT2D eigenvalue weighted by Gasteiger charge is -2.10. The number of esters is 1. The molecule has 1 heterocycles. The Balaban J connectivity index is 2.39. The largest absolute Gasteiger partial charge is 0.493 e. The number of carbonyl (C=O) groups excluding carboxylic acids is 1. The first kappa shape index (κ1) is 15.4. The van der Waals surface area contributed by atoms with Gasteiger partial charge in [0.1, 0.15) is 6.61 Å². The highest BCUT2D eigenvalue weighted by Crippen LogP contribution is 2.40. The third kappa shape index (κ3) is 2.73. The number of benzene rings is 1. The van der Waals surface area contributed by atoms with Crippen LogP contribution in [0.25, 0.3) is 6.08 Å². The van der Waals surface area contributed by atoms with E-state index in [4.69, 9.17) is 14.2 Å². The summed E-state index contributed by atoms with van der Waals surface area (Å²) in [6, 6.07) is 3.00. The second-order valence-electron chi connectivity index (χ2n) is 4.37. The third-order valence-corrected chi connectivity index (χ3v) is 4.99. The van der Waals surface area contributed by atoms with Crippen LogP contribution in [0.1, 0.15) is 18.9 Å². The molecule has 1 aromatic rings. The fourth-order valence-corrected chi connectivity index (χ4v) is 3.46. The Kier molecular flexibility index (Phi) is 4.22. The SMILES string of the molecule is CCC(=O)OCC1=Cc2cc(OC)c(OC)cc2S1(=O)=O. The first-order valence-electron chi connectivity index (χ1n) is 6.31. The normalized spacial score (nSPS) is 15.1. The number of methoxy groups -OCH3 is 2. The molecule has 0 aliphatic carbocycles. The molecule has 0 amide bonds. The van der Waals surface area contributed by atoms with Crippen LogP contribution in [0.2, 0.25) is 0 Å². The van der Waals surface area contributed by atoms with E-state index in [2.05, 4.69) is 0 Å². The van der Waals surface area contributed by atoms with Gasteiger partial charge in [0.25, 0.3) is 0 Å². The summed E-state index contributed by atoms with van der Waals surface area (Å²) in [5.41, 5.74) is 0.496. The summed E-state index contributed by atoms with van der Waals surface area (Å²) >= 11 is 0. The maximum Gasteiger partial charge on any atom is 0.305 e. The first-order valence-corrected chi connectivity index (χ1v) is 7.79. The molecule has 114 valence electrons. The van der Waals surface area contributed by atoms with Crippen LogP contribution < -0.4 is 9.47 Å². The van der Waals surface area contributed by atoms with E-state index in [1.165, 1.54) is 26.4 Å². The molecule has 7 heteroatoms. The van der Waals surface area contributed by atoms with E-state index in [0.717, 1.165) is 0 Å². The van der Waals surface area contributed by atoms with Gasteiger partial charge in [-0.2, -0.15) is 0 Å². The molecule has 0 atom stereocenters. The molecule has 21 heavy (non-hydrogen) atoms. The van der Waals surface area contributed by atoms with Gasteiger partial charge >= 0.3 is 5.97 Å². The van der Waals surface area contributed by atoms with Gasteiger partial charge in [-0.1, -0.05) is 6.92 Å². The Bertz CT molecular complexity index is 702. The lowest BCUT2D eigenvalue weighted by atomic mass is 10.2. The number of sulfone groups is 1. The molecule has 0 aromatic heterocycles. The van der Waals surface area contributed by atoms with E-state index < -0.39 is 15.8 Å². The summed E-state index contributed by atoms with van der Waals surface area (Å²) in [6.07, 6.45) is 1.68. The van der Waals surface area contributed by atoms with Crippen molar-refractivity contribution in [3.8, 4) is 11.5 Å². The van der Waals surface area contributed by atoms with Crippen molar-refractivity contribution < 1.29 is 27.4 Å². The number of ether oxygens (including phenoxy) is 3. The van der Waals surface area contributed by atoms with Crippen LogP contribution in [0, 0.1) is 0 Å². The number of hydrogen-bond donors (Lipinski definition) is 0. The molecule has 1 aliphatic rings. The molecule has 0 bridgehead atoms. The predicted octanol–water partition coefficient (Wildman–Crippen LogP) is 1.79. The average molecular weight is 312 g/mol. The second-order valence-corrected chi connectivity index (χ2v) is 6.34. The third-order valence-electron chi connectivity index (χ3n) is 3.13. The Labute approximate surface area is 123 Å². The molecule has 0 unspecified atom stereocenters. The zero-order valence-electron chi connectivity index (χ0n) is 12.0. The molecule has 0 spiro atoms. The first-order chi connectivity index (χ1) is 9.93. The molecular formula is C14H16O6S. The van der Waals surface area contributed by atoms with Gasteiger partial charge in [-0.25, -0.2) is 8.42 Å². The van der Waals surface area contributed by atoms with E-state index in [1.807, 2.05) is 0 Å². The van der Waals surface area contributed by atoms with Crippen molar-refractivity contribution in [1.82, 2.24) is 0 Å². The molecule has 1 aliphatic heterocycles. The highest BCUT2D eigenvalue weighted by Gasteiger charge is 2.32. The van der Waals surface area contributed by atoms with Crippen molar-refractivity contribution in [3.63, 3.8) is 0 Å². The van der Waals surface area contributed by atoms with E-state index in [0.29, 0.717) is 17.1 Å². The van der Waals surface area contributed by atoms with Crippen LogP contribution in [0.5, 0.6) is 11.5 Å². The lowest BCUT2D eigenvalue weighted by Crippen LogP contribution is -2.11. The molecule has 0 N–H and O–H groups in total.